The van der Waals surface area contributed by atoms with Crippen molar-refractivity contribution in [3.8, 4) is 5.75 Å². The van der Waals surface area contributed by atoms with Gasteiger partial charge in [0.25, 0.3) is 0 Å². The molecule has 0 N–H and O–H groups in total. The number of halogens is 1. The predicted octanol–water partition coefficient (Wildman–Crippen LogP) is 4.73. The number of fused-ring (bicyclic) bond motifs is 1. The normalized spacial score (nSPS) is 24.8. The molecular weight excluding hydrogens is 260 g/mol. The summed E-state index contributed by atoms with van der Waals surface area (Å²) in [7, 11) is 0. The van der Waals surface area contributed by atoms with E-state index in [1.165, 1.54) is 18.4 Å². The highest BCUT2D eigenvalue weighted by molar-refractivity contribution is 6.32. The third kappa shape index (κ3) is 2.61. The molecule has 19 heavy (non-hydrogen) atoms. The smallest absolute Gasteiger partial charge is 0.210 e. The minimum absolute atomic E-state index is 0.253. The summed E-state index contributed by atoms with van der Waals surface area (Å²) in [5.41, 5.74) is 1.19. The molecule has 1 saturated carbocycles. The van der Waals surface area contributed by atoms with Crippen LogP contribution in [-0.2, 0) is 11.2 Å². The summed E-state index contributed by atoms with van der Waals surface area (Å²) in [6, 6.07) is 6.02. The molecule has 1 aromatic rings. The first-order valence-electron chi connectivity index (χ1n) is 7.37. The molecule has 1 aliphatic heterocycles. The molecule has 1 fully saturated rings. The van der Waals surface area contributed by atoms with E-state index >= 15 is 0 Å². The Labute approximate surface area is 120 Å². The van der Waals surface area contributed by atoms with Gasteiger partial charge in [-0.1, -0.05) is 37.1 Å². The zero-order chi connectivity index (χ0) is 13.3. The van der Waals surface area contributed by atoms with Gasteiger partial charge in [-0.2, -0.15) is 0 Å². The Morgan fingerprint density at radius 3 is 2.84 bits per heavy atom. The minimum atomic E-state index is -0.421. The summed E-state index contributed by atoms with van der Waals surface area (Å²) < 4.78 is 12.6. The molecule has 1 heterocycles. The zero-order valence-electron chi connectivity index (χ0n) is 11.5. The monoisotopic (exact) mass is 280 g/mol. The quantitative estimate of drug-likeness (QED) is 0.780. The van der Waals surface area contributed by atoms with Crippen molar-refractivity contribution in [2.75, 3.05) is 0 Å². The molecule has 0 aromatic heterocycles. The van der Waals surface area contributed by atoms with Crippen molar-refractivity contribution in [3.63, 3.8) is 0 Å². The summed E-state index contributed by atoms with van der Waals surface area (Å²) in [5, 5.41) is 0.713. The first kappa shape index (κ1) is 13.3. The standard InChI is InChI=1S/C16H21ClO2/c1-2-6-13-11-12-7-5-8-14(17)15(12)19-16(18-13)9-3-4-10-16/h5,7-8,13H,2-4,6,9-11H2,1H3. The molecule has 0 saturated heterocycles. The molecule has 1 spiro atoms. The van der Waals surface area contributed by atoms with Crippen LogP contribution in [0, 0.1) is 0 Å². The molecule has 1 unspecified atom stereocenters. The molecule has 0 amide bonds. The maximum atomic E-state index is 6.36. The van der Waals surface area contributed by atoms with E-state index in [0.717, 1.165) is 37.9 Å². The van der Waals surface area contributed by atoms with Crippen LogP contribution in [0.3, 0.4) is 0 Å². The van der Waals surface area contributed by atoms with Gasteiger partial charge in [0.1, 0.15) is 5.75 Å². The SMILES string of the molecule is CCCC1Cc2cccc(Cl)c2OC2(CCCC2)O1. The van der Waals surface area contributed by atoms with Crippen LogP contribution in [0.15, 0.2) is 18.2 Å². The van der Waals surface area contributed by atoms with E-state index in [-0.39, 0.29) is 6.10 Å². The Bertz CT molecular complexity index is 452. The van der Waals surface area contributed by atoms with Crippen molar-refractivity contribution in [2.45, 2.75) is 63.8 Å². The number of hydrogen-bond donors (Lipinski definition) is 0. The topological polar surface area (TPSA) is 18.5 Å². The molecule has 3 rings (SSSR count). The van der Waals surface area contributed by atoms with Gasteiger partial charge in [-0.3, -0.25) is 0 Å². The maximum Gasteiger partial charge on any atom is 0.210 e. The first-order chi connectivity index (χ1) is 9.22. The fourth-order valence-electron chi connectivity index (χ4n) is 3.25. The minimum Gasteiger partial charge on any atom is -0.461 e. The average molecular weight is 281 g/mol. The molecule has 1 aromatic carbocycles. The van der Waals surface area contributed by atoms with E-state index in [2.05, 4.69) is 13.0 Å². The number of hydrogen-bond acceptors (Lipinski definition) is 2. The molecule has 1 atom stereocenters. The van der Waals surface area contributed by atoms with Gasteiger partial charge in [-0.05, 0) is 30.9 Å². The van der Waals surface area contributed by atoms with Crippen LogP contribution >= 0.6 is 11.6 Å². The van der Waals surface area contributed by atoms with Gasteiger partial charge in [0, 0.05) is 19.3 Å². The van der Waals surface area contributed by atoms with Crippen LogP contribution in [-0.4, -0.2) is 11.9 Å². The van der Waals surface area contributed by atoms with Crippen LogP contribution in [0.2, 0.25) is 5.02 Å². The molecule has 0 bridgehead atoms. The highest BCUT2D eigenvalue weighted by atomic mass is 35.5. The summed E-state index contributed by atoms with van der Waals surface area (Å²) in [6.45, 7) is 2.20. The van der Waals surface area contributed by atoms with Gasteiger partial charge in [-0.25, -0.2) is 0 Å². The molecule has 2 nitrogen and oxygen atoms in total. The molecule has 1 aliphatic carbocycles. The van der Waals surface area contributed by atoms with Gasteiger partial charge in [-0.15, -0.1) is 0 Å². The van der Waals surface area contributed by atoms with Crippen molar-refractivity contribution in [2.24, 2.45) is 0 Å². The number of benzene rings is 1. The van der Waals surface area contributed by atoms with Crippen LogP contribution in [0.25, 0.3) is 0 Å². The van der Waals surface area contributed by atoms with Crippen molar-refractivity contribution >= 4 is 11.6 Å². The van der Waals surface area contributed by atoms with Crippen LogP contribution < -0.4 is 4.74 Å². The Kier molecular flexibility index (Phi) is 3.72. The number of para-hydroxylation sites is 1. The van der Waals surface area contributed by atoms with Gasteiger partial charge >= 0.3 is 0 Å². The first-order valence-corrected chi connectivity index (χ1v) is 7.74. The second-order valence-corrected chi connectivity index (χ2v) is 6.09. The van der Waals surface area contributed by atoms with Crippen molar-refractivity contribution in [1.82, 2.24) is 0 Å². The molecule has 104 valence electrons. The number of ether oxygens (including phenoxy) is 2. The lowest BCUT2D eigenvalue weighted by Crippen LogP contribution is -2.38. The van der Waals surface area contributed by atoms with Crippen LogP contribution in [0.5, 0.6) is 5.75 Å². The maximum absolute atomic E-state index is 6.36. The van der Waals surface area contributed by atoms with E-state index in [9.17, 15) is 0 Å². The molecule has 0 radical (unpaired) electrons. The zero-order valence-corrected chi connectivity index (χ0v) is 12.2. The van der Waals surface area contributed by atoms with E-state index in [1.54, 1.807) is 0 Å². The van der Waals surface area contributed by atoms with Crippen LogP contribution in [0.4, 0.5) is 0 Å². The Hall–Kier alpha value is -0.730. The number of rotatable bonds is 2. The lowest BCUT2D eigenvalue weighted by atomic mass is 10.0. The third-order valence-corrected chi connectivity index (χ3v) is 4.44. The van der Waals surface area contributed by atoms with Crippen molar-refractivity contribution in [3.05, 3.63) is 28.8 Å². The van der Waals surface area contributed by atoms with Crippen LogP contribution in [0.1, 0.15) is 51.0 Å². The van der Waals surface area contributed by atoms with E-state index in [0.29, 0.717) is 5.02 Å². The van der Waals surface area contributed by atoms with Gasteiger partial charge in [0.05, 0.1) is 11.1 Å². The van der Waals surface area contributed by atoms with Crippen molar-refractivity contribution in [1.29, 1.82) is 0 Å². The van der Waals surface area contributed by atoms with E-state index < -0.39 is 5.79 Å². The Balaban J connectivity index is 1.97. The molecular formula is C16H21ClO2. The highest BCUT2D eigenvalue weighted by Gasteiger charge is 2.42. The summed E-state index contributed by atoms with van der Waals surface area (Å²) >= 11 is 6.32. The summed E-state index contributed by atoms with van der Waals surface area (Å²) in [4.78, 5) is 0. The second kappa shape index (κ2) is 5.34. The third-order valence-electron chi connectivity index (χ3n) is 4.14. The van der Waals surface area contributed by atoms with Gasteiger partial charge in [0.15, 0.2) is 0 Å². The molecule has 2 aliphatic rings. The van der Waals surface area contributed by atoms with Gasteiger partial charge < -0.3 is 9.47 Å². The average Bonchev–Trinajstić information content (AvgIpc) is 2.75. The second-order valence-electron chi connectivity index (χ2n) is 5.68. The largest absolute Gasteiger partial charge is 0.461 e. The van der Waals surface area contributed by atoms with E-state index in [4.69, 9.17) is 21.1 Å². The predicted molar refractivity (Wildman–Crippen MR) is 76.8 cm³/mol. The van der Waals surface area contributed by atoms with Gasteiger partial charge in [0.2, 0.25) is 5.79 Å². The lowest BCUT2D eigenvalue weighted by molar-refractivity contribution is -0.201. The summed E-state index contributed by atoms with van der Waals surface area (Å²) in [5.74, 6) is 0.431. The van der Waals surface area contributed by atoms with Crippen molar-refractivity contribution < 1.29 is 9.47 Å². The summed E-state index contributed by atoms with van der Waals surface area (Å²) in [6.07, 6.45) is 7.70. The molecule has 3 heteroatoms. The lowest BCUT2D eigenvalue weighted by Gasteiger charge is -2.31. The Morgan fingerprint density at radius 2 is 2.11 bits per heavy atom. The highest BCUT2D eigenvalue weighted by Crippen LogP contribution is 2.43. The Morgan fingerprint density at radius 1 is 1.32 bits per heavy atom. The van der Waals surface area contributed by atoms with E-state index in [1.807, 2.05) is 12.1 Å². The fraction of sp³-hybridized carbons (Fsp3) is 0.625. The fourth-order valence-corrected chi connectivity index (χ4v) is 3.48.